The zero-order chi connectivity index (χ0) is 49.9. The second kappa shape index (κ2) is 26.4. The molecule has 4 rings (SSSR count). The smallest absolute Gasteiger partial charge is 0.333 e. The third-order valence-electron chi connectivity index (χ3n) is 12.2. The van der Waals surface area contributed by atoms with Crippen molar-refractivity contribution in [1.82, 2.24) is 0 Å². The highest BCUT2D eigenvalue weighted by Crippen LogP contribution is 2.35. The molecule has 67 heavy (non-hydrogen) atoms. The minimum absolute atomic E-state index is 0.0246. The van der Waals surface area contributed by atoms with Crippen molar-refractivity contribution in [3.8, 4) is 0 Å². The summed E-state index contributed by atoms with van der Waals surface area (Å²) >= 11 is 0. The standard InChI is InChI=1S/C46H74O21/c1-21(16-18-47)13-11-15-24(4)42(57)65-41-39(66-45-36(55)34(53)31(50)26(6)61-45)32(51)27(7)62-46(41)67-40-37(56)44(63-28(8)38(40)64-29(9)48)58-19-17-22(2)12-10-14-23(3)20-59-43-35(54)33(52)30(49)25(5)60-43/h14-17,25-28,30-41,43-47,49-56H,10-13,18-20H2,1-9H3. The predicted octanol–water partition coefficient (Wildman–Crippen LogP) is -0.162. The Hall–Kier alpha value is -2.78. The van der Waals surface area contributed by atoms with Crippen molar-refractivity contribution in [2.75, 3.05) is 19.8 Å². The molecule has 4 aliphatic heterocycles. The Morgan fingerprint density at radius 3 is 1.58 bits per heavy atom. The van der Waals surface area contributed by atoms with E-state index in [1.807, 2.05) is 26.8 Å². The Kier molecular flexibility index (Phi) is 22.4. The van der Waals surface area contributed by atoms with Crippen LogP contribution < -0.4 is 0 Å². The summed E-state index contributed by atoms with van der Waals surface area (Å²) in [4.78, 5) is 26.1. The molecule has 0 saturated carbocycles. The molecule has 384 valence electrons. The van der Waals surface area contributed by atoms with Crippen molar-refractivity contribution in [3.05, 3.63) is 46.6 Å². The van der Waals surface area contributed by atoms with Gasteiger partial charge in [0, 0.05) is 12.5 Å². The number of aliphatic hydroxyl groups is 9. The van der Waals surface area contributed by atoms with Gasteiger partial charge in [-0.15, -0.1) is 0 Å². The van der Waals surface area contributed by atoms with Gasteiger partial charge in [-0.2, -0.15) is 0 Å². The van der Waals surface area contributed by atoms with Crippen molar-refractivity contribution in [2.45, 2.75) is 211 Å². The first-order chi connectivity index (χ1) is 31.5. The van der Waals surface area contributed by atoms with Crippen molar-refractivity contribution < 1.29 is 103 Å². The van der Waals surface area contributed by atoms with Crippen molar-refractivity contribution in [2.24, 2.45) is 0 Å². The zero-order valence-electron chi connectivity index (χ0n) is 39.7. The average molecular weight is 963 g/mol. The molecule has 0 aromatic heterocycles. The molecule has 0 radical (unpaired) electrons. The third-order valence-corrected chi connectivity index (χ3v) is 12.2. The molecule has 0 aromatic carbocycles. The van der Waals surface area contributed by atoms with Gasteiger partial charge in [-0.1, -0.05) is 41.0 Å². The van der Waals surface area contributed by atoms with E-state index in [1.54, 1.807) is 32.1 Å². The zero-order valence-corrected chi connectivity index (χ0v) is 39.7. The van der Waals surface area contributed by atoms with Crippen LogP contribution in [0.2, 0.25) is 0 Å². The van der Waals surface area contributed by atoms with Crippen LogP contribution in [0, 0.1) is 0 Å². The molecule has 20 atom stereocenters. The lowest BCUT2D eigenvalue weighted by Crippen LogP contribution is -2.66. The largest absolute Gasteiger partial charge is 0.457 e. The van der Waals surface area contributed by atoms with Crippen LogP contribution in [0.3, 0.4) is 0 Å². The Labute approximate surface area is 391 Å². The molecule has 0 spiro atoms. The van der Waals surface area contributed by atoms with Crippen LogP contribution in [-0.2, 0) is 57.0 Å². The number of hydrogen-bond donors (Lipinski definition) is 9. The lowest BCUT2D eigenvalue weighted by molar-refractivity contribution is -0.375. The molecule has 20 unspecified atom stereocenters. The van der Waals surface area contributed by atoms with E-state index in [2.05, 4.69) is 0 Å². The number of hydrogen-bond acceptors (Lipinski definition) is 21. The van der Waals surface area contributed by atoms with Gasteiger partial charge in [0.1, 0.15) is 61.0 Å². The van der Waals surface area contributed by atoms with Gasteiger partial charge < -0.3 is 93.3 Å². The van der Waals surface area contributed by atoms with Crippen molar-refractivity contribution in [1.29, 1.82) is 0 Å². The van der Waals surface area contributed by atoms with Gasteiger partial charge in [-0.3, -0.25) is 4.79 Å². The van der Waals surface area contributed by atoms with Crippen LogP contribution in [0.1, 0.15) is 88.0 Å². The van der Waals surface area contributed by atoms with Gasteiger partial charge in [0.25, 0.3) is 0 Å². The maximum atomic E-state index is 13.7. The molecule has 0 amide bonds. The van der Waals surface area contributed by atoms with Crippen LogP contribution in [0.5, 0.6) is 0 Å². The fraction of sp³-hybridized carbons (Fsp3) is 0.783. The highest BCUT2D eigenvalue weighted by Gasteiger charge is 2.55. The van der Waals surface area contributed by atoms with E-state index in [-0.39, 0.29) is 25.4 Å². The number of esters is 2. The summed E-state index contributed by atoms with van der Waals surface area (Å²) in [7, 11) is 0. The highest BCUT2D eigenvalue weighted by atomic mass is 16.8. The Balaban J connectivity index is 1.50. The number of carbonyl (C=O) groups is 2. The van der Waals surface area contributed by atoms with E-state index >= 15 is 0 Å². The molecule has 4 heterocycles. The minimum Gasteiger partial charge on any atom is -0.457 e. The monoisotopic (exact) mass is 962 g/mol. The summed E-state index contributed by atoms with van der Waals surface area (Å²) in [5, 5.41) is 94.4. The highest BCUT2D eigenvalue weighted by molar-refractivity contribution is 5.87. The fourth-order valence-corrected chi connectivity index (χ4v) is 7.88. The lowest BCUT2D eigenvalue weighted by Gasteiger charge is -2.48. The van der Waals surface area contributed by atoms with E-state index in [0.717, 1.165) is 23.6 Å². The normalized spacial score (nSPS) is 40.4. The summed E-state index contributed by atoms with van der Waals surface area (Å²) in [5.41, 5.74) is 2.81. The number of allylic oxidation sites excluding steroid dienone is 4. The van der Waals surface area contributed by atoms with Gasteiger partial charge in [0.05, 0.1) is 44.2 Å². The average Bonchev–Trinajstić information content (AvgIpc) is 3.27. The Bertz CT molecular complexity index is 1700. The molecule has 4 aliphatic rings. The van der Waals surface area contributed by atoms with Crippen LogP contribution >= 0.6 is 0 Å². The molecule has 21 heteroatoms. The summed E-state index contributed by atoms with van der Waals surface area (Å²) < 4.78 is 58.8. The summed E-state index contributed by atoms with van der Waals surface area (Å²) in [6.45, 7) is 14.2. The maximum absolute atomic E-state index is 13.7. The summed E-state index contributed by atoms with van der Waals surface area (Å²) in [5.74, 6) is -1.61. The van der Waals surface area contributed by atoms with Crippen LogP contribution in [0.4, 0.5) is 0 Å². The summed E-state index contributed by atoms with van der Waals surface area (Å²) in [6.07, 6.45) is -18.6. The molecular weight excluding hydrogens is 888 g/mol. The second-order valence-corrected chi connectivity index (χ2v) is 17.9. The molecule has 0 aliphatic carbocycles. The lowest BCUT2D eigenvalue weighted by atomic mass is 9.96. The van der Waals surface area contributed by atoms with E-state index in [9.17, 15) is 55.5 Å². The van der Waals surface area contributed by atoms with E-state index in [0.29, 0.717) is 25.7 Å². The third kappa shape index (κ3) is 15.6. The maximum Gasteiger partial charge on any atom is 0.333 e. The number of rotatable bonds is 20. The van der Waals surface area contributed by atoms with Crippen molar-refractivity contribution >= 4 is 11.9 Å². The molecular formula is C46H74O21. The Morgan fingerprint density at radius 1 is 0.478 bits per heavy atom. The van der Waals surface area contributed by atoms with Crippen LogP contribution in [0.15, 0.2) is 46.6 Å². The molecule has 21 nitrogen and oxygen atoms in total. The number of ether oxygens (including phenoxy) is 10. The van der Waals surface area contributed by atoms with Gasteiger partial charge in [0.15, 0.2) is 37.4 Å². The number of aliphatic hydroxyl groups excluding tert-OH is 9. The van der Waals surface area contributed by atoms with Crippen molar-refractivity contribution in [3.63, 3.8) is 0 Å². The van der Waals surface area contributed by atoms with Gasteiger partial charge in [0.2, 0.25) is 0 Å². The van der Waals surface area contributed by atoms with Crippen LogP contribution in [0.25, 0.3) is 0 Å². The van der Waals surface area contributed by atoms with Gasteiger partial charge in [-0.25, -0.2) is 4.79 Å². The molecule has 0 bridgehead atoms. The second-order valence-electron chi connectivity index (χ2n) is 17.9. The first-order valence-electron chi connectivity index (χ1n) is 22.8. The molecule has 9 N–H and O–H groups in total. The van der Waals surface area contributed by atoms with Gasteiger partial charge >= 0.3 is 11.9 Å². The van der Waals surface area contributed by atoms with E-state index in [4.69, 9.17) is 47.4 Å². The molecule has 4 fully saturated rings. The van der Waals surface area contributed by atoms with E-state index in [1.165, 1.54) is 20.8 Å². The number of carbonyl (C=O) groups excluding carboxylic acids is 2. The van der Waals surface area contributed by atoms with Gasteiger partial charge in [-0.05, 0) is 81.1 Å². The van der Waals surface area contributed by atoms with Crippen LogP contribution in [-0.4, -0.2) is 201 Å². The summed E-state index contributed by atoms with van der Waals surface area (Å²) in [6, 6.07) is 0. The topological polar surface area (TPSA) is 309 Å². The van der Waals surface area contributed by atoms with E-state index < -0.39 is 135 Å². The minimum atomic E-state index is -1.80. The molecule has 0 aromatic rings. The SMILES string of the molecule is CC(=O)OC1C(C)OC(OCC=C(C)CCC=C(C)COC2OC(C)C(O)C(O)C2O)C(O)C1OC1OC(C)C(O)C(OC2OC(C)C(O)C(O)C2O)C1OC(=O)C(C)=CCCC(C)=CCO. The quantitative estimate of drug-likeness (QED) is 0.0435. The Morgan fingerprint density at radius 2 is 0.970 bits per heavy atom. The molecule has 4 saturated heterocycles. The first-order valence-corrected chi connectivity index (χ1v) is 22.8. The predicted molar refractivity (Wildman–Crippen MR) is 233 cm³/mol. The fourth-order valence-electron chi connectivity index (χ4n) is 7.88. The first kappa shape index (κ1) is 56.8.